The van der Waals surface area contributed by atoms with Gasteiger partial charge in [-0.1, -0.05) is 17.7 Å². The molecule has 1 N–H and O–H groups in total. The van der Waals surface area contributed by atoms with Crippen LogP contribution in [-0.4, -0.2) is 36.0 Å². The highest BCUT2D eigenvalue weighted by molar-refractivity contribution is 7.83. The summed E-state index contributed by atoms with van der Waals surface area (Å²) in [5.41, 5.74) is 1.13. The Bertz CT molecular complexity index is 447. The molecular formula is C16H27NO4S. The Morgan fingerprint density at radius 1 is 1.05 bits per heavy atom. The van der Waals surface area contributed by atoms with E-state index in [0.29, 0.717) is 24.7 Å². The number of rotatable bonds is 10. The van der Waals surface area contributed by atoms with Crippen LogP contribution in [0.3, 0.4) is 0 Å². The standard InChI is InChI=1S/C16H27NO4S/c1-6-19-16(20-7-2,21-8-3)14(5)17-22(18)15-11-9-13(4)10-12-15/h9-12,14,17H,6-8H2,1-5H3/t14-,22+/m0/s1. The van der Waals surface area contributed by atoms with Crippen LogP contribution in [0.2, 0.25) is 0 Å². The molecule has 6 heteroatoms. The summed E-state index contributed by atoms with van der Waals surface area (Å²) in [6.45, 7) is 10.7. The second-order valence-corrected chi connectivity index (χ2v) is 6.07. The van der Waals surface area contributed by atoms with Crippen molar-refractivity contribution < 1.29 is 18.4 Å². The van der Waals surface area contributed by atoms with Gasteiger partial charge in [0.25, 0.3) is 5.97 Å². The summed E-state index contributed by atoms with van der Waals surface area (Å²) in [4.78, 5) is 0.704. The summed E-state index contributed by atoms with van der Waals surface area (Å²) in [5, 5.41) is 0. The van der Waals surface area contributed by atoms with Crippen molar-refractivity contribution in [2.75, 3.05) is 19.8 Å². The Morgan fingerprint density at radius 2 is 1.50 bits per heavy atom. The molecule has 0 saturated carbocycles. The molecular weight excluding hydrogens is 302 g/mol. The van der Waals surface area contributed by atoms with Gasteiger partial charge in [-0.15, -0.1) is 0 Å². The summed E-state index contributed by atoms with van der Waals surface area (Å²) in [6, 6.07) is 7.14. The fourth-order valence-electron chi connectivity index (χ4n) is 2.07. The van der Waals surface area contributed by atoms with Crippen molar-refractivity contribution in [3.05, 3.63) is 29.8 Å². The number of hydrogen-bond donors (Lipinski definition) is 1. The number of nitrogens with one attached hydrogen (secondary N) is 1. The van der Waals surface area contributed by atoms with Crippen molar-refractivity contribution in [1.82, 2.24) is 4.72 Å². The Hall–Kier alpha value is -0.790. The van der Waals surface area contributed by atoms with E-state index in [1.54, 1.807) is 0 Å². The molecule has 0 amide bonds. The molecule has 0 aliphatic rings. The van der Waals surface area contributed by atoms with Gasteiger partial charge >= 0.3 is 0 Å². The topological polar surface area (TPSA) is 56.8 Å². The Balaban J connectivity index is 2.86. The van der Waals surface area contributed by atoms with Crippen LogP contribution in [-0.2, 0) is 25.2 Å². The zero-order valence-corrected chi connectivity index (χ0v) is 14.9. The summed E-state index contributed by atoms with van der Waals surface area (Å²) >= 11 is 0. The second-order valence-electron chi connectivity index (χ2n) is 4.82. The molecule has 2 atom stereocenters. The minimum absolute atomic E-state index is 0.408. The lowest BCUT2D eigenvalue weighted by atomic mass is 10.2. The molecule has 22 heavy (non-hydrogen) atoms. The molecule has 1 rings (SSSR count). The minimum Gasteiger partial charge on any atom is -0.326 e. The first-order valence-corrected chi connectivity index (χ1v) is 8.80. The van der Waals surface area contributed by atoms with Gasteiger partial charge in [-0.3, -0.25) is 0 Å². The number of aryl methyl sites for hydroxylation is 1. The van der Waals surface area contributed by atoms with Crippen LogP contribution >= 0.6 is 0 Å². The van der Waals surface area contributed by atoms with Crippen molar-refractivity contribution in [2.45, 2.75) is 51.5 Å². The highest BCUT2D eigenvalue weighted by Crippen LogP contribution is 2.22. The summed E-state index contributed by atoms with van der Waals surface area (Å²) in [5.74, 6) is -1.24. The van der Waals surface area contributed by atoms with Crippen LogP contribution in [0.25, 0.3) is 0 Å². The van der Waals surface area contributed by atoms with Crippen LogP contribution < -0.4 is 4.72 Å². The fourth-order valence-corrected chi connectivity index (χ4v) is 3.05. The summed E-state index contributed by atoms with van der Waals surface area (Å²) in [6.07, 6.45) is 0. The zero-order valence-electron chi connectivity index (χ0n) is 14.0. The van der Waals surface area contributed by atoms with Gasteiger partial charge in [0.2, 0.25) is 0 Å². The van der Waals surface area contributed by atoms with Crippen molar-refractivity contribution in [3.8, 4) is 0 Å². The smallest absolute Gasteiger partial charge is 0.299 e. The van der Waals surface area contributed by atoms with E-state index < -0.39 is 23.0 Å². The summed E-state index contributed by atoms with van der Waals surface area (Å²) < 4.78 is 32.5. The van der Waals surface area contributed by atoms with Crippen LogP contribution in [0.15, 0.2) is 29.2 Å². The van der Waals surface area contributed by atoms with E-state index in [-0.39, 0.29) is 0 Å². The third-order valence-corrected chi connectivity index (χ3v) is 4.35. The molecule has 0 aliphatic carbocycles. The van der Waals surface area contributed by atoms with Gasteiger partial charge in [-0.05, 0) is 46.8 Å². The monoisotopic (exact) mass is 329 g/mol. The van der Waals surface area contributed by atoms with Crippen LogP contribution in [0, 0.1) is 6.92 Å². The van der Waals surface area contributed by atoms with Gasteiger partial charge in [0.15, 0.2) is 0 Å². The molecule has 126 valence electrons. The molecule has 0 unspecified atom stereocenters. The van der Waals surface area contributed by atoms with Crippen molar-refractivity contribution in [1.29, 1.82) is 0 Å². The first-order valence-electron chi connectivity index (χ1n) is 7.65. The SMILES string of the molecule is CCOC(OCC)(OCC)[C@H](C)N[S@](=O)c1ccc(C)cc1. The zero-order chi connectivity index (χ0) is 16.6. The number of benzene rings is 1. The Labute approximate surface area is 135 Å². The average Bonchev–Trinajstić information content (AvgIpc) is 2.48. The molecule has 1 aromatic carbocycles. The van der Waals surface area contributed by atoms with E-state index in [0.717, 1.165) is 5.56 Å². The maximum Gasteiger partial charge on any atom is 0.299 e. The Morgan fingerprint density at radius 3 is 1.91 bits per heavy atom. The van der Waals surface area contributed by atoms with Crippen molar-refractivity contribution >= 4 is 11.0 Å². The van der Waals surface area contributed by atoms with Crippen molar-refractivity contribution in [2.24, 2.45) is 0 Å². The predicted molar refractivity (Wildman–Crippen MR) is 87.8 cm³/mol. The normalized spacial score (nSPS) is 14.8. The predicted octanol–water partition coefficient (Wildman–Crippen LogP) is 2.76. The van der Waals surface area contributed by atoms with Crippen LogP contribution in [0.4, 0.5) is 0 Å². The molecule has 1 aromatic rings. The largest absolute Gasteiger partial charge is 0.326 e. The van der Waals surface area contributed by atoms with E-state index in [2.05, 4.69) is 4.72 Å². The maximum absolute atomic E-state index is 12.5. The maximum atomic E-state index is 12.5. The lowest BCUT2D eigenvalue weighted by Crippen LogP contribution is -2.55. The minimum atomic E-state index is -1.37. The lowest BCUT2D eigenvalue weighted by molar-refractivity contribution is -0.385. The highest BCUT2D eigenvalue weighted by Gasteiger charge is 2.40. The molecule has 0 spiro atoms. The van der Waals surface area contributed by atoms with Gasteiger partial charge in [0, 0.05) is 19.8 Å². The average molecular weight is 329 g/mol. The van der Waals surface area contributed by atoms with E-state index in [4.69, 9.17) is 14.2 Å². The first-order chi connectivity index (χ1) is 10.5. The molecule has 0 aromatic heterocycles. The number of hydrogen-bond acceptors (Lipinski definition) is 4. The number of ether oxygens (including phenoxy) is 3. The Kier molecular flexibility index (Phi) is 8.20. The van der Waals surface area contributed by atoms with Gasteiger partial charge < -0.3 is 14.2 Å². The van der Waals surface area contributed by atoms with Gasteiger partial charge in [-0.2, -0.15) is 0 Å². The van der Waals surface area contributed by atoms with Crippen molar-refractivity contribution in [3.63, 3.8) is 0 Å². The van der Waals surface area contributed by atoms with E-state index in [1.807, 2.05) is 58.9 Å². The molecule has 0 aliphatic heterocycles. The molecule has 0 radical (unpaired) electrons. The molecule has 5 nitrogen and oxygen atoms in total. The molecule has 0 bridgehead atoms. The molecule has 0 saturated heterocycles. The third-order valence-electron chi connectivity index (χ3n) is 3.09. The fraction of sp³-hybridized carbons (Fsp3) is 0.625. The third kappa shape index (κ3) is 5.14. The summed E-state index contributed by atoms with van der Waals surface area (Å²) in [7, 11) is -1.37. The van der Waals surface area contributed by atoms with E-state index in [9.17, 15) is 4.21 Å². The molecule has 0 fully saturated rings. The van der Waals surface area contributed by atoms with Gasteiger partial charge in [0.1, 0.15) is 11.0 Å². The first kappa shape index (κ1) is 19.3. The van der Waals surface area contributed by atoms with Crippen LogP contribution in [0.1, 0.15) is 33.3 Å². The molecule has 0 heterocycles. The quantitative estimate of drug-likeness (QED) is 0.671. The highest BCUT2D eigenvalue weighted by atomic mass is 32.2. The van der Waals surface area contributed by atoms with Gasteiger partial charge in [-0.25, -0.2) is 8.93 Å². The van der Waals surface area contributed by atoms with Crippen LogP contribution in [0.5, 0.6) is 0 Å². The van der Waals surface area contributed by atoms with E-state index >= 15 is 0 Å². The van der Waals surface area contributed by atoms with E-state index in [1.165, 1.54) is 0 Å². The lowest BCUT2D eigenvalue weighted by Gasteiger charge is -2.37. The van der Waals surface area contributed by atoms with Gasteiger partial charge in [0.05, 0.1) is 10.9 Å². The second kappa shape index (κ2) is 9.37.